The van der Waals surface area contributed by atoms with Crippen molar-refractivity contribution in [2.45, 2.75) is 85.8 Å². The Morgan fingerprint density at radius 1 is 0.960 bits per heavy atom. The van der Waals surface area contributed by atoms with Crippen LogP contribution in [0.2, 0.25) is 0 Å². The molecule has 1 aromatic carbocycles. The molecule has 3 heterocycles. The first-order valence-electron chi connectivity index (χ1n) is 17.2. The number of aryl methyl sites for hydroxylation is 2. The monoisotopic (exact) mass is 689 g/mol. The lowest BCUT2D eigenvalue weighted by atomic mass is 9.97. The zero-order valence-electron chi connectivity index (χ0n) is 30.1. The van der Waals surface area contributed by atoms with Crippen LogP contribution in [0.4, 0.5) is 16.3 Å². The molecule has 0 saturated carbocycles. The van der Waals surface area contributed by atoms with Crippen LogP contribution in [0.3, 0.4) is 0 Å². The van der Waals surface area contributed by atoms with Crippen molar-refractivity contribution in [1.82, 2.24) is 25.7 Å². The number of rotatable bonds is 13. The largest absolute Gasteiger partial charge is 0.444 e. The number of hydrogen-bond donors (Lipinski definition) is 5. The Hall–Kier alpha value is -4.91. The van der Waals surface area contributed by atoms with E-state index in [2.05, 4.69) is 20.5 Å². The van der Waals surface area contributed by atoms with Crippen molar-refractivity contribution in [3.8, 4) is 11.1 Å². The maximum absolute atomic E-state index is 13.6. The number of nitrogens with one attached hydrogen (secondary N) is 4. The second-order valence-corrected chi connectivity index (χ2v) is 13.8. The number of carbonyl (C=O) groups is 3. The van der Waals surface area contributed by atoms with Crippen molar-refractivity contribution in [3.63, 3.8) is 0 Å². The zero-order valence-corrected chi connectivity index (χ0v) is 30.1. The van der Waals surface area contributed by atoms with E-state index in [1.165, 1.54) is 0 Å². The van der Waals surface area contributed by atoms with Gasteiger partial charge in [0.1, 0.15) is 11.4 Å². The minimum Gasteiger partial charge on any atom is -0.444 e. The van der Waals surface area contributed by atoms with Gasteiger partial charge >= 0.3 is 6.09 Å². The zero-order chi connectivity index (χ0) is 36.4. The van der Waals surface area contributed by atoms with Crippen LogP contribution in [-0.2, 0) is 16.1 Å². The molecule has 50 heavy (non-hydrogen) atoms. The quantitative estimate of drug-likeness (QED) is 0.0918. The lowest BCUT2D eigenvalue weighted by molar-refractivity contribution is -0.129. The van der Waals surface area contributed by atoms with Gasteiger partial charge in [-0.1, -0.05) is 12.8 Å². The SMILES string of the molecule is Cc1cc(C)c(CNC(=O)c2cc(-c3ccc(N4CCN(C(=O)OC(C)(C)C)CC4)nc3)cc(NCCCCCCC(=O)NO)c2C)c(=O)[nH]1. The summed E-state index contributed by atoms with van der Waals surface area (Å²) in [4.78, 5) is 61.4. The molecule has 1 aliphatic rings. The summed E-state index contributed by atoms with van der Waals surface area (Å²) in [5.74, 6) is 0.129. The number of nitrogens with zero attached hydrogens (tertiary/aromatic N) is 3. The fraction of sp³-hybridized carbons (Fsp3) is 0.486. The molecule has 13 heteroatoms. The summed E-state index contributed by atoms with van der Waals surface area (Å²) in [5.41, 5.74) is 6.74. The molecule has 0 unspecified atom stereocenters. The first-order valence-corrected chi connectivity index (χ1v) is 17.2. The highest BCUT2D eigenvalue weighted by molar-refractivity contribution is 5.98. The van der Waals surface area contributed by atoms with Crippen LogP contribution in [0.15, 0.2) is 41.3 Å². The molecule has 5 N–H and O–H groups in total. The fourth-order valence-corrected chi connectivity index (χ4v) is 5.90. The highest BCUT2D eigenvalue weighted by Gasteiger charge is 2.26. The third-order valence-corrected chi connectivity index (χ3v) is 8.68. The van der Waals surface area contributed by atoms with Gasteiger partial charge in [-0.25, -0.2) is 15.3 Å². The Balaban J connectivity index is 1.49. The molecule has 0 spiro atoms. The number of pyridine rings is 2. The predicted octanol–water partition coefficient (Wildman–Crippen LogP) is 5.22. The number of ether oxygens (including phenoxy) is 1. The summed E-state index contributed by atoms with van der Waals surface area (Å²) < 4.78 is 5.52. The van der Waals surface area contributed by atoms with Crippen LogP contribution in [0.5, 0.6) is 0 Å². The number of anilines is 2. The molecule has 0 radical (unpaired) electrons. The number of aromatic amines is 1. The number of benzene rings is 1. The summed E-state index contributed by atoms with van der Waals surface area (Å²) in [5, 5.41) is 15.1. The standard InChI is InChI=1S/C37H51N7O6/c1-24-19-25(2)41-35(47)30(24)23-40-34(46)29-20-28(21-31(26(29)3)38-14-10-8-7-9-11-33(45)42-49)27-12-13-32(39-22-27)43-15-17-44(18-16-43)36(48)50-37(4,5)6/h12-13,19-22,38,49H,7-11,14-18,23H2,1-6H3,(H,40,46)(H,41,47)(H,42,45). The third kappa shape index (κ3) is 10.5. The topological polar surface area (TPSA) is 169 Å². The number of hydroxylamine groups is 1. The van der Waals surface area contributed by atoms with Gasteiger partial charge in [-0.2, -0.15) is 0 Å². The highest BCUT2D eigenvalue weighted by atomic mass is 16.6. The molecule has 3 amide bonds. The van der Waals surface area contributed by atoms with Crippen molar-refractivity contribution < 1.29 is 24.3 Å². The molecular weight excluding hydrogens is 638 g/mol. The molecule has 13 nitrogen and oxygen atoms in total. The lowest BCUT2D eigenvalue weighted by Crippen LogP contribution is -2.50. The average molecular weight is 690 g/mol. The van der Waals surface area contributed by atoms with Gasteiger partial charge in [-0.15, -0.1) is 0 Å². The number of amides is 3. The normalized spacial score (nSPS) is 13.2. The Labute approximate surface area is 293 Å². The van der Waals surface area contributed by atoms with Crippen molar-refractivity contribution in [3.05, 3.63) is 74.8 Å². The van der Waals surface area contributed by atoms with Gasteiger partial charge in [0.15, 0.2) is 0 Å². The van der Waals surface area contributed by atoms with E-state index >= 15 is 0 Å². The van der Waals surface area contributed by atoms with Crippen LogP contribution in [0, 0.1) is 20.8 Å². The summed E-state index contributed by atoms with van der Waals surface area (Å²) in [6.45, 7) is 14.3. The average Bonchev–Trinajstić information content (AvgIpc) is 3.07. The van der Waals surface area contributed by atoms with E-state index in [9.17, 15) is 19.2 Å². The predicted molar refractivity (Wildman–Crippen MR) is 194 cm³/mol. The number of H-pyrrole nitrogens is 1. The smallest absolute Gasteiger partial charge is 0.410 e. The van der Waals surface area contributed by atoms with Crippen molar-refractivity contribution in [1.29, 1.82) is 0 Å². The molecule has 0 atom stereocenters. The molecule has 1 aliphatic heterocycles. The molecule has 2 aromatic heterocycles. The molecule has 1 fully saturated rings. The summed E-state index contributed by atoms with van der Waals surface area (Å²) in [6.07, 6.45) is 5.08. The van der Waals surface area contributed by atoms with E-state index in [4.69, 9.17) is 14.9 Å². The van der Waals surface area contributed by atoms with E-state index < -0.39 is 5.60 Å². The number of unbranched alkanes of at least 4 members (excludes halogenated alkanes) is 3. The van der Waals surface area contributed by atoms with Crippen molar-refractivity contribution in [2.24, 2.45) is 0 Å². The second kappa shape index (κ2) is 17.1. The van der Waals surface area contributed by atoms with Crippen LogP contribution in [0.1, 0.15) is 85.6 Å². The maximum atomic E-state index is 13.6. The van der Waals surface area contributed by atoms with Gasteiger partial charge in [-0.3, -0.25) is 19.6 Å². The van der Waals surface area contributed by atoms with Crippen molar-refractivity contribution in [2.75, 3.05) is 42.9 Å². The number of aromatic nitrogens is 2. The molecule has 270 valence electrons. The molecular formula is C37H51N7O6. The van der Waals surface area contributed by atoms with E-state index in [0.29, 0.717) is 50.3 Å². The molecule has 0 bridgehead atoms. The maximum Gasteiger partial charge on any atom is 0.410 e. The number of piperazine rings is 1. The van der Waals surface area contributed by atoms with Crippen LogP contribution < -0.4 is 26.6 Å². The lowest BCUT2D eigenvalue weighted by Gasteiger charge is -2.36. The first kappa shape index (κ1) is 37.9. The van der Waals surface area contributed by atoms with Gasteiger partial charge in [0.25, 0.3) is 11.5 Å². The Bertz CT molecular complexity index is 1710. The Kier molecular flexibility index (Phi) is 13.0. The molecule has 1 saturated heterocycles. The molecule has 0 aliphatic carbocycles. The number of carbonyl (C=O) groups excluding carboxylic acids is 3. The van der Waals surface area contributed by atoms with Gasteiger partial charge in [-0.05, 0) is 101 Å². The van der Waals surface area contributed by atoms with Gasteiger partial charge in [0, 0.05) is 80.0 Å². The minimum absolute atomic E-state index is 0.0957. The van der Waals surface area contributed by atoms with E-state index in [-0.39, 0.29) is 36.4 Å². The van der Waals surface area contributed by atoms with Gasteiger partial charge in [0.2, 0.25) is 5.91 Å². The summed E-state index contributed by atoms with van der Waals surface area (Å²) in [7, 11) is 0. The fourth-order valence-electron chi connectivity index (χ4n) is 5.90. The number of hydrogen-bond acceptors (Lipinski definition) is 9. The Morgan fingerprint density at radius 2 is 1.68 bits per heavy atom. The molecule has 3 aromatic rings. The van der Waals surface area contributed by atoms with E-state index in [0.717, 1.165) is 58.7 Å². The minimum atomic E-state index is -0.543. The first-order chi connectivity index (χ1) is 23.8. The van der Waals surface area contributed by atoms with E-state index in [1.807, 2.05) is 71.9 Å². The van der Waals surface area contributed by atoms with E-state index in [1.54, 1.807) is 16.6 Å². The Morgan fingerprint density at radius 3 is 2.32 bits per heavy atom. The van der Waals surface area contributed by atoms with Crippen LogP contribution in [-0.4, -0.2) is 76.3 Å². The molecule has 4 rings (SSSR count). The van der Waals surface area contributed by atoms with Crippen LogP contribution in [0.25, 0.3) is 11.1 Å². The van der Waals surface area contributed by atoms with Gasteiger partial charge in [0.05, 0.1) is 0 Å². The third-order valence-electron chi connectivity index (χ3n) is 8.68. The second-order valence-electron chi connectivity index (χ2n) is 13.8. The summed E-state index contributed by atoms with van der Waals surface area (Å²) >= 11 is 0. The summed E-state index contributed by atoms with van der Waals surface area (Å²) in [6, 6.07) is 9.69. The highest BCUT2D eigenvalue weighted by Crippen LogP contribution is 2.30. The van der Waals surface area contributed by atoms with Crippen LogP contribution >= 0.6 is 0 Å². The van der Waals surface area contributed by atoms with Crippen molar-refractivity contribution >= 4 is 29.4 Å². The van der Waals surface area contributed by atoms with Gasteiger partial charge < -0.3 is 30.2 Å².